The molecule has 1 aliphatic rings. The Balaban J connectivity index is 0.00000392. The Kier molecular flexibility index (Phi) is 12.1. The molecule has 160 valence electrons. The van der Waals surface area contributed by atoms with Crippen LogP contribution in [0.25, 0.3) is 0 Å². The first-order chi connectivity index (χ1) is 13.0. The van der Waals surface area contributed by atoms with E-state index in [2.05, 4.69) is 57.4 Å². The molecule has 2 heterocycles. The first-order valence-corrected chi connectivity index (χ1v) is 11.1. The zero-order valence-corrected chi connectivity index (χ0v) is 20.8. The van der Waals surface area contributed by atoms with E-state index < -0.39 is 0 Å². The summed E-state index contributed by atoms with van der Waals surface area (Å²) in [5, 5.41) is 6.80. The van der Waals surface area contributed by atoms with Crippen molar-refractivity contribution >= 4 is 47.6 Å². The molecule has 0 aliphatic carbocycles. The fourth-order valence-corrected chi connectivity index (χ4v) is 3.00. The van der Waals surface area contributed by atoms with Crippen molar-refractivity contribution < 1.29 is 0 Å². The van der Waals surface area contributed by atoms with Crippen LogP contribution in [-0.4, -0.2) is 84.2 Å². The molecule has 0 saturated carbocycles. The molecule has 1 aliphatic heterocycles. The third kappa shape index (κ3) is 9.13. The molecule has 0 spiro atoms. The summed E-state index contributed by atoms with van der Waals surface area (Å²) in [6.07, 6.45) is 6.87. The molecule has 28 heavy (non-hydrogen) atoms. The van der Waals surface area contributed by atoms with E-state index in [1.54, 1.807) is 0 Å². The largest absolute Gasteiger partial charge is 0.357 e. The summed E-state index contributed by atoms with van der Waals surface area (Å²) >= 11 is 1.85. The quantitative estimate of drug-likeness (QED) is 0.224. The SMILES string of the molecule is CCNC(=NCC(C)(C)SC)NCCCN1CCN(c2ncccn2)CC1.I. The highest BCUT2D eigenvalue weighted by molar-refractivity contribution is 14.0. The maximum absolute atomic E-state index is 4.72. The van der Waals surface area contributed by atoms with E-state index in [0.29, 0.717) is 0 Å². The van der Waals surface area contributed by atoms with Crippen LogP contribution in [0.1, 0.15) is 27.2 Å². The number of rotatable bonds is 9. The summed E-state index contributed by atoms with van der Waals surface area (Å²) in [6.45, 7) is 14.4. The third-order valence-corrected chi connectivity index (χ3v) is 5.90. The highest BCUT2D eigenvalue weighted by atomic mass is 127. The van der Waals surface area contributed by atoms with Crippen LogP contribution in [0.2, 0.25) is 0 Å². The second-order valence-electron chi connectivity index (χ2n) is 7.32. The lowest BCUT2D eigenvalue weighted by atomic mass is 10.2. The summed E-state index contributed by atoms with van der Waals surface area (Å²) in [4.78, 5) is 18.2. The summed E-state index contributed by atoms with van der Waals surface area (Å²) in [5.41, 5.74) is 0. The van der Waals surface area contributed by atoms with Crippen LogP contribution in [0.4, 0.5) is 5.95 Å². The van der Waals surface area contributed by atoms with Crippen molar-refractivity contribution in [3.63, 3.8) is 0 Å². The van der Waals surface area contributed by atoms with Gasteiger partial charge >= 0.3 is 0 Å². The van der Waals surface area contributed by atoms with Gasteiger partial charge in [0.1, 0.15) is 0 Å². The number of thioether (sulfide) groups is 1. The number of hydrogen-bond acceptors (Lipinski definition) is 6. The summed E-state index contributed by atoms with van der Waals surface area (Å²) < 4.78 is 0.171. The third-order valence-electron chi connectivity index (χ3n) is 4.67. The molecule has 9 heteroatoms. The Labute approximate surface area is 191 Å². The zero-order valence-electron chi connectivity index (χ0n) is 17.6. The lowest BCUT2D eigenvalue weighted by molar-refractivity contribution is 0.254. The van der Waals surface area contributed by atoms with Gasteiger partial charge in [0.15, 0.2) is 5.96 Å². The molecule has 0 radical (unpaired) electrons. The lowest BCUT2D eigenvalue weighted by Gasteiger charge is -2.34. The molecule has 1 aromatic heterocycles. The second kappa shape index (κ2) is 13.4. The smallest absolute Gasteiger partial charge is 0.225 e. The predicted molar refractivity (Wildman–Crippen MR) is 132 cm³/mol. The Morgan fingerprint density at radius 1 is 1.18 bits per heavy atom. The molecule has 0 aromatic carbocycles. The van der Waals surface area contributed by atoms with Gasteiger partial charge in [-0.05, 0) is 46.1 Å². The number of nitrogens with one attached hydrogen (secondary N) is 2. The number of hydrogen-bond donors (Lipinski definition) is 2. The molecule has 1 aromatic rings. The fourth-order valence-electron chi connectivity index (χ4n) is 2.81. The minimum Gasteiger partial charge on any atom is -0.357 e. The second-order valence-corrected chi connectivity index (χ2v) is 8.83. The minimum atomic E-state index is 0. The molecule has 1 saturated heterocycles. The molecule has 0 unspecified atom stereocenters. The van der Waals surface area contributed by atoms with Crippen LogP contribution >= 0.6 is 35.7 Å². The molecule has 2 rings (SSSR count). The normalized spacial score (nSPS) is 15.9. The van der Waals surface area contributed by atoms with Gasteiger partial charge in [0.05, 0.1) is 6.54 Å². The van der Waals surface area contributed by atoms with Gasteiger partial charge in [0, 0.05) is 56.4 Å². The highest BCUT2D eigenvalue weighted by Crippen LogP contribution is 2.20. The van der Waals surface area contributed by atoms with Gasteiger partial charge in [-0.25, -0.2) is 9.97 Å². The molecular weight excluding hydrogens is 485 g/mol. The fraction of sp³-hybridized carbons (Fsp3) is 0.737. The van der Waals surface area contributed by atoms with Gasteiger partial charge in [-0.3, -0.25) is 9.89 Å². The molecule has 2 N–H and O–H groups in total. The molecule has 0 atom stereocenters. The van der Waals surface area contributed by atoms with E-state index in [1.807, 2.05) is 30.2 Å². The van der Waals surface area contributed by atoms with E-state index in [4.69, 9.17) is 4.99 Å². The van der Waals surface area contributed by atoms with Crippen molar-refractivity contribution in [1.29, 1.82) is 0 Å². The van der Waals surface area contributed by atoms with Crippen molar-refractivity contribution in [2.45, 2.75) is 31.9 Å². The van der Waals surface area contributed by atoms with E-state index in [9.17, 15) is 0 Å². The molecule has 0 bridgehead atoms. The standard InChI is InChI=1S/C19H35N7S.HI/c1-5-20-17(24-16-19(2,3)27-4)21-10-7-11-25-12-14-26(15-13-25)18-22-8-6-9-23-18;/h6,8-9H,5,7,10-16H2,1-4H3,(H2,20,21,24);1H. The first-order valence-electron chi connectivity index (χ1n) is 9.85. The minimum absolute atomic E-state index is 0. The van der Waals surface area contributed by atoms with Gasteiger partial charge in [-0.15, -0.1) is 24.0 Å². The summed E-state index contributed by atoms with van der Waals surface area (Å²) in [5.74, 6) is 1.77. The Morgan fingerprint density at radius 2 is 1.86 bits per heavy atom. The lowest BCUT2D eigenvalue weighted by Crippen LogP contribution is -2.47. The van der Waals surface area contributed by atoms with Crippen LogP contribution in [0.5, 0.6) is 0 Å². The van der Waals surface area contributed by atoms with Crippen LogP contribution in [-0.2, 0) is 0 Å². The molecule has 7 nitrogen and oxygen atoms in total. The van der Waals surface area contributed by atoms with Crippen molar-refractivity contribution in [1.82, 2.24) is 25.5 Å². The Morgan fingerprint density at radius 3 is 2.46 bits per heavy atom. The van der Waals surface area contributed by atoms with Gasteiger partial charge in [-0.2, -0.15) is 11.8 Å². The van der Waals surface area contributed by atoms with Gasteiger partial charge in [-0.1, -0.05) is 0 Å². The van der Waals surface area contributed by atoms with E-state index in [1.165, 1.54) is 0 Å². The topological polar surface area (TPSA) is 68.7 Å². The number of guanidine groups is 1. The van der Waals surface area contributed by atoms with Crippen LogP contribution in [0.3, 0.4) is 0 Å². The maximum Gasteiger partial charge on any atom is 0.225 e. The number of nitrogens with zero attached hydrogens (tertiary/aromatic N) is 5. The van der Waals surface area contributed by atoms with Gasteiger partial charge in [0.2, 0.25) is 5.95 Å². The summed E-state index contributed by atoms with van der Waals surface area (Å²) in [7, 11) is 0. The van der Waals surface area contributed by atoms with Crippen LogP contribution in [0, 0.1) is 0 Å². The average molecular weight is 522 g/mol. The zero-order chi connectivity index (χ0) is 19.5. The number of piperazine rings is 1. The number of anilines is 1. The number of aliphatic imine (C=N–C) groups is 1. The summed E-state index contributed by atoms with van der Waals surface area (Å²) in [6, 6.07) is 1.86. The van der Waals surface area contributed by atoms with Crippen molar-refractivity contribution in [3.05, 3.63) is 18.5 Å². The molecule has 1 fully saturated rings. The average Bonchev–Trinajstić information content (AvgIpc) is 2.70. The monoisotopic (exact) mass is 521 g/mol. The highest BCUT2D eigenvalue weighted by Gasteiger charge is 2.18. The van der Waals surface area contributed by atoms with Gasteiger partial charge in [0.25, 0.3) is 0 Å². The van der Waals surface area contributed by atoms with Crippen molar-refractivity contribution in [2.24, 2.45) is 4.99 Å². The van der Waals surface area contributed by atoms with Crippen molar-refractivity contribution in [2.75, 3.05) is 63.5 Å². The molecular formula is C19H36IN7S. The number of halogens is 1. The van der Waals surface area contributed by atoms with E-state index in [0.717, 1.165) is 70.7 Å². The maximum atomic E-state index is 4.72. The van der Waals surface area contributed by atoms with Crippen molar-refractivity contribution in [3.8, 4) is 0 Å². The Bertz CT molecular complexity index is 563. The van der Waals surface area contributed by atoms with E-state index >= 15 is 0 Å². The van der Waals surface area contributed by atoms with E-state index in [-0.39, 0.29) is 28.7 Å². The first kappa shape index (κ1) is 25.2. The number of aromatic nitrogens is 2. The van der Waals surface area contributed by atoms with Crippen LogP contribution in [0.15, 0.2) is 23.5 Å². The van der Waals surface area contributed by atoms with Crippen LogP contribution < -0.4 is 15.5 Å². The van der Waals surface area contributed by atoms with Gasteiger partial charge < -0.3 is 15.5 Å². The molecule has 0 amide bonds. The Hall–Kier alpha value is -0.810. The predicted octanol–water partition coefficient (Wildman–Crippen LogP) is 2.30.